The third-order valence-corrected chi connectivity index (χ3v) is 7.82. The SMILES string of the molecule is CCCCCCCCCCCCOC1=C(OCCCCCCCCCCCC)C2(O)OP(=O)(OO1)O2. The molecule has 0 aromatic rings. The van der Waals surface area contributed by atoms with Gasteiger partial charge in [-0.05, 0) is 12.8 Å². The van der Waals surface area contributed by atoms with E-state index in [4.69, 9.17) is 28.1 Å². The molecule has 0 aromatic carbocycles. The third-order valence-electron chi connectivity index (χ3n) is 6.62. The second kappa shape index (κ2) is 18.5. The molecule has 0 radical (unpaired) electrons. The number of rotatable bonds is 24. The molecule has 0 amide bonds. The van der Waals surface area contributed by atoms with Gasteiger partial charge in [0.2, 0.25) is 0 Å². The Hall–Kier alpha value is -0.790. The van der Waals surface area contributed by atoms with Crippen molar-refractivity contribution in [2.24, 2.45) is 0 Å². The largest absolute Gasteiger partial charge is 0.520 e. The zero-order valence-electron chi connectivity index (χ0n) is 22.8. The maximum Gasteiger partial charge on any atom is 0.520 e. The molecule has 0 atom stereocenters. The Labute approximate surface area is 218 Å². The molecule has 0 aliphatic carbocycles. The molecule has 2 bridgehead atoms. The summed E-state index contributed by atoms with van der Waals surface area (Å²) in [6.45, 7) is 5.17. The van der Waals surface area contributed by atoms with Crippen LogP contribution in [0.25, 0.3) is 0 Å². The zero-order chi connectivity index (χ0) is 26.0. The van der Waals surface area contributed by atoms with Crippen molar-refractivity contribution >= 4 is 7.82 Å². The summed E-state index contributed by atoms with van der Waals surface area (Å²) in [6.07, 6.45) is 24.2. The van der Waals surface area contributed by atoms with Gasteiger partial charge >= 0.3 is 19.7 Å². The van der Waals surface area contributed by atoms with Crippen molar-refractivity contribution in [3.8, 4) is 0 Å². The zero-order valence-corrected chi connectivity index (χ0v) is 23.7. The number of aliphatic hydroxyl groups is 1. The first-order valence-electron chi connectivity index (χ1n) is 14.6. The minimum absolute atomic E-state index is 0.172. The predicted molar refractivity (Wildman–Crippen MR) is 140 cm³/mol. The highest BCUT2D eigenvalue weighted by Crippen LogP contribution is 2.68. The van der Waals surface area contributed by atoms with E-state index in [9.17, 15) is 9.67 Å². The summed E-state index contributed by atoms with van der Waals surface area (Å²) in [5.41, 5.74) is 0. The van der Waals surface area contributed by atoms with Crippen molar-refractivity contribution < 1.29 is 37.8 Å². The molecule has 3 heterocycles. The second-order valence-corrected chi connectivity index (χ2v) is 11.5. The van der Waals surface area contributed by atoms with Crippen molar-refractivity contribution in [2.75, 3.05) is 13.2 Å². The molecule has 0 saturated carbocycles. The summed E-state index contributed by atoms with van der Waals surface area (Å²) >= 11 is 0. The van der Waals surface area contributed by atoms with Crippen molar-refractivity contribution in [1.29, 1.82) is 0 Å². The molecule has 1 N–H and O–H groups in total. The first-order chi connectivity index (χ1) is 17.5. The van der Waals surface area contributed by atoms with E-state index in [1.807, 2.05) is 0 Å². The molecule has 212 valence electrons. The number of fused-ring (bicyclic) bond motifs is 2. The Morgan fingerprint density at radius 1 is 0.639 bits per heavy atom. The molecule has 0 unspecified atom stereocenters. The molecular formula is C27H51O8P. The van der Waals surface area contributed by atoms with Crippen LogP contribution in [0, 0.1) is 0 Å². The van der Waals surface area contributed by atoms with Crippen LogP contribution in [-0.2, 0) is 32.6 Å². The molecule has 3 aliphatic rings. The van der Waals surface area contributed by atoms with Crippen molar-refractivity contribution in [3.63, 3.8) is 0 Å². The van der Waals surface area contributed by atoms with Gasteiger partial charge in [0, 0.05) is 0 Å². The fourth-order valence-electron chi connectivity index (χ4n) is 4.43. The average molecular weight is 535 g/mol. The number of phosphoric ester groups is 1. The normalized spacial score (nSPS) is 23.2. The summed E-state index contributed by atoms with van der Waals surface area (Å²) in [5.74, 6) is -2.65. The lowest BCUT2D eigenvalue weighted by atomic mass is 10.1. The van der Waals surface area contributed by atoms with E-state index in [-0.39, 0.29) is 11.7 Å². The molecule has 0 aromatic heterocycles. The van der Waals surface area contributed by atoms with E-state index in [1.54, 1.807) is 0 Å². The van der Waals surface area contributed by atoms with Crippen LogP contribution < -0.4 is 0 Å². The van der Waals surface area contributed by atoms with E-state index in [2.05, 4.69) is 13.8 Å². The maximum atomic E-state index is 12.0. The lowest BCUT2D eigenvalue weighted by Crippen LogP contribution is -2.45. The van der Waals surface area contributed by atoms with E-state index >= 15 is 0 Å². The summed E-state index contributed by atoms with van der Waals surface area (Å²) in [4.78, 5) is 5.04. The molecule has 0 spiro atoms. The molecule has 1 saturated heterocycles. The first-order valence-corrected chi connectivity index (χ1v) is 16.1. The van der Waals surface area contributed by atoms with Gasteiger partial charge in [-0.2, -0.15) is 0 Å². The van der Waals surface area contributed by atoms with E-state index in [0.29, 0.717) is 13.2 Å². The highest BCUT2D eigenvalue weighted by atomic mass is 31.2. The molecule has 3 rings (SSSR count). The van der Waals surface area contributed by atoms with E-state index in [0.717, 1.165) is 38.5 Å². The minimum atomic E-state index is -3.94. The summed E-state index contributed by atoms with van der Waals surface area (Å²) in [5, 5.41) is 10.5. The fraction of sp³-hybridized carbons (Fsp3) is 0.926. The van der Waals surface area contributed by atoms with E-state index < -0.39 is 13.8 Å². The third kappa shape index (κ3) is 12.2. The Balaban J connectivity index is 1.62. The quantitative estimate of drug-likeness (QED) is 0.0746. The van der Waals surface area contributed by atoms with Gasteiger partial charge < -0.3 is 14.6 Å². The van der Waals surface area contributed by atoms with Gasteiger partial charge in [0.05, 0.1) is 13.2 Å². The molecule has 36 heavy (non-hydrogen) atoms. The van der Waals surface area contributed by atoms with Gasteiger partial charge in [-0.15, -0.1) is 0 Å². The Kier molecular flexibility index (Phi) is 16.1. The molecule has 8 nitrogen and oxygen atoms in total. The average Bonchev–Trinajstić information content (AvgIpc) is 3.01. The number of hydrogen-bond acceptors (Lipinski definition) is 8. The van der Waals surface area contributed by atoms with Crippen LogP contribution in [0.4, 0.5) is 0 Å². The topological polar surface area (TPSA) is 92.7 Å². The number of unbranched alkanes of at least 4 members (excludes halogenated alkanes) is 18. The molecule has 9 heteroatoms. The molecular weight excluding hydrogens is 483 g/mol. The minimum Gasteiger partial charge on any atom is -0.485 e. The Morgan fingerprint density at radius 2 is 1.03 bits per heavy atom. The van der Waals surface area contributed by atoms with Crippen molar-refractivity contribution in [1.82, 2.24) is 0 Å². The van der Waals surface area contributed by atoms with Crippen LogP contribution in [0.2, 0.25) is 0 Å². The van der Waals surface area contributed by atoms with Crippen LogP contribution >= 0.6 is 7.82 Å². The van der Waals surface area contributed by atoms with Crippen LogP contribution in [0.5, 0.6) is 0 Å². The lowest BCUT2D eigenvalue weighted by molar-refractivity contribution is -0.347. The number of phosphoric acid groups is 1. The number of hydrogen-bond donors (Lipinski definition) is 1. The second-order valence-electron chi connectivity index (χ2n) is 10.0. The fourth-order valence-corrected chi connectivity index (χ4v) is 5.43. The van der Waals surface area contributed by atoms with Crippen LogP contribution in [-0.4, -0.2) is 24.3 Å². The van der Waals surface area contributed by atoms with Gasteiger partial charge in [0.1, 0.15) is 0 Å². The standard InChI is InChI=1S/C27H51O8P/c1-3-5-7-9-11-13-15-17-19-21-23-30-25-26(32-35-36(29)33-27(25,28)34-36)31-24-22-20-18-16-14-12-10-8-6-4-2/h28H,3-24H2,1-2H3. The Morgan fingerprint density at radius 3 is 1.47 bits per heavy atom. The molecule has 1 fully saturated rings. The lowest BCUT2D eigenvalue weighted by Gasteiger charge is -2.36. The summed E-state index contributed by atoms with van der Waals surface area (Å²) in [6, 6.07) is 0. The van der Waals surface area contributed by atoms with Crippen LogP contribution in [0.1, 0.15) is 142 Å². The monoisotopic (exact) mass is 534 g/mol. The number of ether oxygens (including phenoxy) is 2. The van der Waals surface area contributed by atoms with E-state index in [1.165, 1.54) is 89.9 Å². The van der Waals surface area contributed by atoms with Gasteiger partial charge in [-0.25, -0.2) is 13.6 Å². The predicted octanol–water partition coefficient (Wildman–Crippen LogP) is 8.79. The van der Waals surface area contributed by atoms with Gasteiger partial charge in [-0.1, -0.05) is 134 Å². The van der Waals surface area contributed by atoms with Gasteiger partial charge in [0.25, 0.3) is 5.76 Å². The van der Waals surface area contributed by atoms with Gasteiger partial charge in [-0.3, -0.25) is 4.89 Å². The van der Waals surface area contributed by atoms with Crippen molar-refractivity contribution in [2.45, 2.75) is 148 Å². The van der Waals surface area contributed by atoms with Crippen LogP contribution in [0.3, 0.4) is 0 Å². The highest BCUT2D eigenvalue weighted by Gasteiger charge is 2.66. The van der Waals surface area contributed by atoms with Crippen molar-refractivity contribution in [3.05, 3.63) is 11.7 Å². The highest BCUT2D eigenvalue weighted by molar-refractivity contribution is 7.49. The smallest absolute Gasteiger partial charge is 0.485 e. The van der Waals surface area contributed by atoms with Gasteiger partial charge in [0.15, 0.2) is 0 Å². The molecule has 3 aliphatic heterocycles. The van der Waals surface area contributed by atoms with Crippen LogP contribution in [0.15, 0.2) is 11.7 Å². The Bertz CT molecular complexity index is 644. The summed E-state index contributed by atoms with van der Waals surface area (Å²) < 4.78 is 38.1. The maximum absolute atomic E-state index is 12.0. The first kappa shape index (κ1) is 31.4. The summed E-state index contributed by atoms with van der Waals surface area (Å²) in [7, 11) is -3.94.